The Morgan fingerprint density at radius 3 is 2.62 bits per heavy atom. The average molecular weight is 415 g/mol. The van der Waals surface area contributed by atoms with Crippen molar-refractivity contribution in [3.8, 4) is 0 Å². The first-order valence-corrected chi connectivity index (χ1v) is 10.7. The Morgan fingerprint density at radius 2 is 1.92 bits per heavy atom. The van der Waals surface area contributed by atoms with Gasteiger partial charge in [-0.15, -0.1) is 22.0 Å². The van der Waals surface area contributed by atoms with Crippen LogP contribution in [0.25, 0.3) is 11.2 Å². The van der Waals surface area contributed by atoms with Crippen LogP contribution < -0.4 is 23.2 Å². The third-order valence-electron chi connectivity index (χ3n) is 3.64. The van der Waals surface area contributed by atoms with E-state index < -0.39 is 10.2 Å². The summed E-state index contributed by atoms with van der Waals surface area (Å²) in [7, 11) is -4.94. The van der Waals surface area contributed by atoms with Crippen LogP contribution in [0.3, 0.4) is 0 Å². The van der Waals surface area contributed by atoms with Crippen LogP contribution in [0.4, 0.5) is 0 Å². The van der Waals surface area contributed by atoms with E-state index in [9.17, 15) is 0 Å². The average Bonchev–Trinajstić information content (AvgIpc) is 3.18. The number of fused-ring (bicyclic) bond motifs is 3. The first kappa shape index (κ1) is 19.4. The maximum Gasteiger partial charge on any atom is 0.296 e. The molecule has 1 unspecified atom stereocenters. The molecule has 1 aromatic carbocycles. The summed E-state index contributed by atoms with van der Waals surface area (Å²) in [4.78, 5) is 13.2. The molecule has 0 aliphatic carbocycles. The molecule has 3 heterocycles. The SMILES string of the molecule is Cc1ccc(SCC2CSc3c4[nH]cnc4nc[n+]32)cc1.[O-][Cl+3]([O-])([O-])[O-]. The molecule has 0 saturated carbocycles. The lowest BCUT2D eigenvalue weighted by atomic mass is 10.2. The van der Waals surface area contributed by atoms with Gasteiger partial charge in [-0.25, -0.2) is 23.2 Å². The van der Waals surface area contributed by atoms with E-state index in [4.69, 9.17) is 18.6 Å². The summed E-state index contributed by atoms with van der Waals surface area (Å²) in [6.45, 7) is 2.12. The Bertz CT molecular complexity index is 879. The summed E-state index contributed by atoms with van der Waals surface area (Å²) >= 11 is 3.80. The van der Waals surface area contributed by atoms with Crippen LogP contribution >= 0.6 is 23.5 Å². The molecule has 1 atom stereocenters. The number of hydrogen-bond donors (Lipinski definition) is 1. The molecule has 138 valence electrons. The number of benzene rings is 1. The number of hydrogen-bond acceptors (Lipinski definition) is 8. The number of halogens is 1. The highest BCUT2D eigenvalue weighted by Crippen LogP contribution is 2.33. The fraction of sp³-hybridized carbons (Fsp3) is 0.267. The molecule has 0 amide bonds. The molecular formula is C15H15ClN4O4S2. The number of nitrogens with zero attached hydrogens (tertiary/aromatic N) is 3. The highest BCUT2D eigenvalue weighted by atomic mass is 35.7. The molecule has 1 aliphatic heterocycles. The molecule has 0 fully saturated rings. The van der Waals surface area contributed by atoms with Crippen LogP contribution in [0.15, 0.2) is 46.8 Å². The van der Waals surface area contributed by atoms with Gasteiger partial charge in [0, 0.05) is 16.4 Å². The Morgan fingerprint density at radius 1 is 1.23 bits per heavy atom. The van der Waals surface area contributed by atoms with Gasteiger partial charge in [0.25, 0.3) is 12.0 Å². The number of nitrogens with one attached hydrogen (secondary N) is 1. The minimum absolute atomic E-state index is 0.483. The van der Waals surface area contributed by atoms with Crippen molar-refractivity contribution in [1.82, 2.24) is 15.0 Å². The lowest BCUT2D eigenvalue weighted by molar-refractivity contribution is -2.00. The van der Waals surface area contributed by atoms with Gasteiger partial charge in [0.05, 0.1) is 6.33 Å². The van der Waals surface area contributed by atoms with E-state index in [2.05, 4.69) is 50.7 Å². The second kappa shape index (κ2) is 8.09. The maximum atomic E-state index is 8.49. The van der Waals surface area contributed by atoms with Gasteiger partial charge in [-0.1, -0.05) is 29.5 Å². The minimum Gasteiger partial charge on any atom is -0.337 e. The predicted octanol–water partition coefficient (Wildman–Crippen LogP) is -1.76. The van der Waals surface area contributed by atoms with Gasteiger partial charge >= 0.3 is 0 Å². The molecule has 26 heavy (non-hydrogen) atoms. The van der Waals surface area contributed by atoms with Gasteiger partial charge in [0.1, 0.15) is 6.04 Å². The first-order valence-electron chi connectivity index (χ1n) is 7.48. The Balaban J connectivity index is 0.000000349. The maximum absolute atomic E-state index is 8.49. The smallest absolute Gasteiger partial charge is 0.296 e. The number of aromatic amines is 1. The van der Waals surface area contributed by atoms with E-state index in [1.165, 1.54) is 15.5 Å². The van der Waals surface area contributed by atoms with Gasteiger partial charge < -0.3 is 4.98 Å². The molecule has 0 bridgehead atoms. The van der Waals surface area contributed by atoms with Crippen LogP contribution in [-0.2, 0) is 0 Å². The fourth-order valence-corrected chi connectivity index (χ4v) is 4.87. The monoisotopic (exact) mass is 414 g/mol. The number of imidazole rings is 1. The third-order valence-corrected chi connectivity index (χ3v) is 6.04. The van der Waals surface area contributed by atoms with E-state index in [0.717, 1.165) is 22.7 Å². The van der Waals surface area contributed by atoms with E-state index in [1.807, 2.05) is 29.9 Å². The molecule has 1 aliphatic rings. The van der Waals surface area contributed by atoms with Crippen molar-refractivity contribution in [1.29, 1.82) is 0 Å². The van der Waals surface area contributed by atoms with Gasteiger partial charge in [0.15, 0.2) is 10.5 Å². The second-order valence-electron chi connectivity index (χ2n) is 5.52. The fourth-order valence-electron chi connectivity index (χ4n) is 2.46. The van der Waals surface area contributed by atoms with Crippen molar-refractivity contribution >= 4 is 34.7 Å². The van der Waals surface area contributed by atoms with Crippen LogP contribution in [0.2, 0.25) is 0 Å². The molecule has 0 saturated heterocycles. The van der Waals surface area contributed by atoms with Gasteiger partial charge in [-0.3, -0.25) is 0 Å². The van der Waals surface area contributed by atoms with E-state index in [-0.39, 0.29) is 0 Å². The molecule has 8 nitrogen and oxygen atoms in total. The summed E-state index contributed by atoms with van der Waals surface area (Å²) in [6, 6.07) is 9.22. The zero-order chi connectivity index (χ0) is 18.7. The van der Waals surface area contributed by atoms with Crippen LogP contribution in [0, 0.1) is 17.2 Å². The lowest BCUT2D eigenvalue weighted by Gasteiger charge is -2.17. The number of thioether (sulfide) groups is 2. The summed E-state index contributed by atoms with van der Waals surface area (Å²) < 4.78 is 36.3. The summed E-state index contributed by atoms with van der Waals surface area (Å²) in [5.41, 5.74) is 3.17. The van der Waals surface area contributed by atoms with Crippen LogP contribution in [0.5, 0.6) is 0 Å². The summed E-state index contributed by atoms with van der Waals surface area (Å²) in [5, 5.41) is 1.26. The molecule has 2 aromatic heterocycles. The van der Waals surface area contributed by atoms with Gasteiger partial charge in [0.2, 0.25) is 0 Å². The van der Waals surface area contributed by atoms with E-state index in [0.29, 0.717) is 6.04 Å². The molecule has 11 heteroatoms. The predicted molar refractivity (Wildman–Crippen MR) is 85.7 cm³/mol. The molecule has 1 N–H and O–H groups in total. The molecule has 0 spiro atoms. The van der Waals surface area contributed by atoms with E-state index in [1.54, 1.807) is 6.33 Å². The van der Waals surface area contributed by atoms with Crippen molar-refractivity contribution < 1.29 is 33.4 Å². The van der Waals surface area contributed by atoms with Gasteiger partial charge in [-0.2, -0.15) is 4.98 Å². The van der Waals surface area contributed by atoms with Crippen molar-refractivity contribution in [2.24, 2.45) is 0 Å². The third kappa shape index (κ3) is 5.07. The largest absolute Gasteiger partial charge is 0.337 e. The normalized spacial score (nSPS) is 16.3. The van der Waals surface area contributed by atoms with Crippen molar-refractivity contribution in [2.75, 3.05) is 11.5 Å². The van der Waals surface area contributed by atoms with Crippen molar-refractivity contribution in [3.05, 3.63) is 42.5 Å². The zero-order valence-corrected chi connectivity index (χ0v) is 16.0. The highest BCUT2D eigenvalue weighted by Gasteiger charge is 2.31. The minimum atomic E-state index is -4.94. The Kier molecular flexibility index (Phi) is 6.03. The molecule has 0 radical (unpaired) electrons. The lowest BCUT2D eigenvalue weighted by Crippen LogP contribution is -2.68. The first-order chi connectivity index (χ1) is 12.3. The topological polar surface area (TPSA) is 138 Å². The Labute approximate surface area is 160 Å². The van der Waals surface area contributed by atoms with Gasteiger partial charge in [-0.05, 0) is 24.0 Å². The highest BCUT2D eigenvalue weighted by molar-refractivity contribution is 8.00. The van der Waals surface area contributed by atoms with Crippen LogP contribution in [-0.4, -0.2) is 26.5 Å². The zero-order valence-electron chi connectivity index (χ0n) is 13.6. The van der Waals surface area contributed by atoms with E-state index >= 15 is 0 Å². The molecule has 4 rings (SSSR count). The molecule has 3 aromatic rings. The van der Waals surface area contributed by atoms with Crippen molar-refractivity contribution in [2.45, 2.75) is 22.9 Å². The second-order valence-corrected chi connectivity index (χ2v) is 8.38. The number of rotatable bonds is 3. The van der Waals surface area contributed by atoms with Crippen LogP contribution in [0.1, 0.15) is 11.6 Å². The number of aryl methyl sites for hydroxylation is 1. The number of H-pyrrole nitrogens is 1. The molecular weight excluding hydrogens is 400 g/mol. The van der Waals surface area contributed by atoms with Crippen molar-refractivity contribution in [3.63, 3.8) is 0 Å². The standard InChI is InChI=1S/C15H14N4S2.ClHO4/c1-10-2-4-12(5-3-10)20-6-11-7-21-15-13-14(17-8-16-13)18-9-19(11)15;2-1(3,4)5/h2-5,8-9,11H,6-7H2,1H3;(H,2,3,4,5). The summed E-state index contributed by atoms with van der Waals surface area (Å²) in [6.07, 6.45) is 3.65. The summed E-state index contributed by atoms with van der Waals surface area (Å²) in [5.74, 6) is 2.16. The quantitative estimate of drug-likeness (QED) is 0.302. The number of aromatic nitrogens is 4. The Hall–Kier alpha value is -1.40.